The van der Waals surface area contributed by atoms with E-state index in [9.17, 15) is 0 Å². The zero-order valence-electron chi connectivity index (χ0n) is 10.6. The molecule has 98 valence electrons. The summed E-state index contributed by atoms with van der Waals surface area (Å²) >= 11 is 0. The van der Waals surface area contributed by atoms with E-state index in [-0.39, 0.29) is 18.0 Å². The van der Waals surface area contributed by atoms with Gasteiger partial charge < -0.3 is 15.8 Å². The van der Waals surface area contributed by atoms with Crippen LogP contribution in [0, 0.1) is 0 Å². The fourth-order valence-corrected chi connectivity index (χ4v) is 2.37. The molecule has 0 spiro atoms. The molecule has 1 aromatic carbocycles. The second-order valence-electron chi connectivity index (χ2n) is 4.52. The van der Waals surface area contributed by atoms with Crippen molar-refractivity contribution in [1.29, 1.82) is 0 Å². The van der Waals surface area contributed by atoms with E-state index in [2.05, 4.69) is 44.5 Å². The summed E-state index contributed by atoms with van der Waals surface area (Å²) in [5, 5.41) is 3.28. The Bertz CT molecular complexity index is 576. The second-order valence-corrected chi connectivity index (χ2v) is 4.52. The predicted octanol–water partition coefficient (Wildman–Crippen LogP) is 1.04. The Morgan fingerprint density at radius 3 is 2.47 bits per heavy atom. The van der Waals surface area contributed by atoms with Crippen molar-refractivity contribution in [2.24, 2.45) is 0 Å². The van der Waals surface area contributed by atoms with Crippen LogP contribution < -0.4 is 15.8 Å². The number of nitrogen functional groups attached to an aromatic ring is 1. The lowest BCUT2D eigenvalue weighted by Crippen LogP contribution is -2.21. The van der Waals surface area contributed by atoms with Crippen molar-refractivity contribution < 1.29 is 4.74 Å². The molecule has 6 nitrogen and oxygen atoms in total. The number of fused-ring (bicyclic) bond motifs is 1. The van der Waals surface area contributed by atoms with Crippen LogP contribution in [0.1, 0.15) is 11.1 Å². The van der Waals surface area contributed by atoms with E-state index in [0.717, 1.165) is 12.8 Å². The molecule has 0 unspecified atom stereocenters. The summed E-state index contributed by atoms with van der Waals surface area (Å²) in [5.41, 5.74) is 8.35. The summed E-state index contributed by atoms with van der Waals surface area (Å²) in [6, 6.07) is 8.93. The molecule has 0 fully saturated rings. The molecule has 2 aromatic rings. The topological polar surface area (TPSA) is 86.0 Å². The highest BCUT2D eigenvalue weighted by Gasteiger charge is 2.21. The van der Waals surface area contributed by atoms with Crippen molar-refractivity contribution in [2.75, 3.05) is 18.2 Å². The lowest BCUT2D eigenvalue weighted by atomic mass is 10.1. The number of nitrogens with zero attached hydrogens (tertiary/aromatic N) is 3. The van der Waals surface area contributed by atoms with Crippen LogP contribution in [0.25, 0.3) is 0 Å². The maximum atomic E-state index is 5.61. The highest BCUT2D eigenvalue weighted by Crippen LogP contribution is 2.23. The summed E-state index contributed by atoms with van der Waals surface area (Å²) in [6.45, 7) is 0. The third kappa shape index (κ3) is 2.42. The SMILES string of the molecule is COc1nc(N)nc(NC2Cc3ccccc3C2)n1. The van der Waals surface area contributed by atoms with Gasteiger partial charge in [0.05, 0.1) is 7.11 Å². The van der Waals surface area contributed by atoms with Crippen LogP contribution >= 0.6 is 0 Å². The van der Waals surface area contributed by atoms with Gasteiger partial charge in [0.15, 0.2) is 0 Å². The van der Waals surface area contributed by atoms with Crippen LogP contribution in [0.5, 0.6) is 6.01 Å². The van der Waals surface area contributed by atoms with E-state index >= 15 is 0 Å². The van der Waals surface area contributed by atoms with Gasteiger partial charge >= 0.3 is 6.01 Å². The number of ether oxygens (including phenoxy) is 1. The van der Waals surface area contributed by atoms with E-state index in [1.54, 1.807) is 0 Å². The van der Waals surface area contributed by atoms with Gasteiger partial charge in [-0.05, 0) is 24.0 Å². The van der Waals surface area contributed by atoms with E-state index in [1.807, 2.05) is 0 Å². The first-order valence-electron chi connectivity index (χ1n) is 6.13. The molecular formula is C13H15N5O. The van der Waals surface area contributed by atoms with Gasteiger partial charge in [0.25, 0.3) is 0 Å². The third-order valence-electron chi connectivity index (χ3n) is 3.20. The Hall–Kier alpha value is -2.37. The molecule has 0 saturated heterocycles. The molecule has 1 aliphatic carbocycles. The number of benzene rings is 1. The van der Waals surface area contributed by atoms with E-state index in [4.69, 9.17) is 10.5 Å². The number of methoxy groups -OCH3 is 1. The minimum Gasteiger partial charge on any atom is -0.467 e. The van der Waals surface area contributed by atoms with Gasteiger partial charge in [-0.15, -0.1) is 0 Å². The van der Waals surface area contributed by atoms with Gasteiger partial charge in [0.2, 0.25) is 11.9 Å². The molecule has 1 heterocycles. The van der Waals surface area contributed by atoms with Crippen LogP contribution in [0.15, 0.2) is 24.3 Å². The maximum Gasteiger partial charge on any atom is 0.322 e. The molecule has 6 heteroatoms. The van der Waals surface area contributed by atoms with E-state index < -0.39 is 0 Å². The van der Waals surface area contributed by atoms with Crippen molar-refractivity contribution in [1.82, 2.24) is 15.0 Å². The number of hydrogen-bond donors (Lipinski definition) is 2. The first-order chi connectivity index (χ1) is 9.24. The van der Waals surface area contributed by atoms with Crippen LogP contribution in [-0.2, 0) is 12.8 Å². The summed E-state index contributed by atoms with van der Waals surface area (Å²) in [6.07, 6.45) is 1.92. The smallest absolute Gasteiger partial charge is 0.322 e. The highest BCUT2D eigenvalue weighted by atomic mass is 16.5. The average molecular weight is 257 g/mol. The molecule has 1 aromatic heterocycles. The summed E-state index contributed by atoms with van der Waals surface area (Å²) in [7, 11) is 1.50. The van der Waals surface area contributed by atoms with Crippen LogP contribution in [-0.4, -0.2) is 28.1 Å². The van der Waals surface area contributed by atoms with Crippen molar-refractivity contribution in [3.8, 4) is 6.01 Å². The fourth-order valence-electron chi connectivity index (χ4n) is 2.37. The molecule has 0 saturated carbocycles. The number of aromatic nitrogens is 3. The summed E-state index contributed by atoms with van der Waals surface area (Å²) in [5.74, 6) is 0.618. The van der Waals surface area contributed by atoms with Crippen LogP contribution in [0.3, 0.4) is 0 Å². The minimum absolute atomic E-state index is 0.157. The van der Waals surface area contributed by atoms with Gasteiger partial charge in [0.1, 0.15) is 0 Å². The maximum absolute atomic E-state index is 5.61. The molecule has 0 atom stereocenters. The fraction of sp³-hybridized carbons (Fsp3) is 0.308. The lowest BCUT2D eigenvalue weighted by molar-refractivity contribution is 0.379. The number of nitrogens with two attached hydrogens (primary N) is 1. The van der Waals surface area contributed by atoms with Gasteiger partial charge in [-0.3, -0.25) is 0 Å². The normalized spacial score (nSPS) is 14.2. The number of rotatable bonds is 3. The standard InChI is InChI=1S/C13H15N5O/c1-19-13-17-11(14)16-12(18-13)15-10-6-8-4-2-3-5-9(8)7-10/h2-5,10H,6-7H2,1H3,(H3,14,15,16,17,18). The van der Waals surface area contributed by atoms with Crippen LogP contribution in [0.4, 0.5) is 11.9 Å². The van der Waals surface area contributed by atoms with Crippen LogP contribution in [0.2, 0.25) is 0 Å². The number of nitrogens with one attached hydrogen (secondary N) is 1. The monoisotopic (exact) mass is 257 g/mol. The Morgan fingerprint density at radius 2 is 1.84 bits per heavy atom. The molecular weight excluding hydrogens is 242 g/mol. The number of anilines is 2. The quantitative estimate of drug-likeness (QED) is 0.854. The van der Waals surface area contributed by atoms with E-state index in [0.29, 0.717) is 5.95 Å². The predicted molar refractivity (Wildman–Crippen MR) is 72.1 cm³/mol. The third-order valence-corrected chi connectivity index (χ3v) is 3.20. The Balaban J connectivity index is 1.75. The van der Waals surface area contributed by atoms with Crippen molar-refractivity contribution in [3.63, 3.8) is 0 Å². The van der Waals surface area contributed by atoms with E-state index in [1.165, 1.54) is 18.2 Å². The molecule has 1 aliphatic rings. The largest absolute Gasteiger partial charge is 0.467 e. The van der Waals surface area contributed by atoms with Gasteiger partial charge in [-0.1, -0.05) is 24.3 Å². The zero-order chi connectivity index (χ0) is 13.2. The van der Waals surface area contributed by atoms with Crippen molar-refractivity contribution in [2.45, 2.75) is 18.9 Å². The first-order valence-corrected chi connectivity index (χ1v) is 6.13. The van der Waals surface area contributed by atoms with Crippen molar-refractivity contribution >= 4 is 11.9 Å². The van der Waals surface area contributed by atoms with Gasteiger partial charge in [-0.25, -0.2) is 0 Å². The molecule has 3 rings (SSSR count). The number of hydrogen-bond acceptors (Lipinski definition) is 6. The molecule has 0 bridgehead atoms. The second kappa shape index (κ2) is 4.72. The lowest BCUT2D eigenvalue weighted by Gasteiger charge is -2.12. The summed E-state index contributed by atoms with van der Waals surface area (Å²) in [4.78, 5) is 12.1. The average Bonchev–Trinajstić information content (AvgIpc) is 2.80. The van der Waals surface area contributed by atoms with Crippen molar-refractivity contribution in [3.05, 3.63) is 35.4 Å². The molecule has 3 N–H and O–H groups in total. The molecule has 19 heavy (non-hydrogen) atoms. The first kappa shape index (κ1) is 11.7. The molecule has 0 amide bonds. The van der Waals surface area contributed by atoms with Gasteiger partial charge in [-0.2, -0.15) is 15.0 Å². The minimum atomic E-state index is 0.157. The summed E-state index contributed by atoms with van der Waals surface area (Å²) < 4.78 is 4.98. The van der Waals surface area contributed by atoms with Gasteiger partial charge in [0, 0.05) is 6.04 Å². The highest BCUT2D eigenvalue weighted by molar-refractivity contribution is 5.40. The molecule has 0 aliphatic heterocycles. The Labute approximate surface area is 111 Å². The Morgan fingerprint density at radius 1 is 1.16 bits per heavy atom. The Kier molecular flexibility index (Phi) is 2.91. The molecule has 0 radical (unpaired) electrons. The zero-order valence-corrected chi connectivity index (χ0v) is 10.6.